The number of hydrogen-bond donors (Lipinski definition) is 1. The fourth-order valence-corrected chi connectivity index (χ4v) is 2.86. The summed E-state index contributed by atoms with van der Waals surface area (Å²) in [5, 5.41) is 0. The van der Waals surface area contributed by atoms with E-state index in [0.717, 1.165) is 5.56 Å². The van der Waals surface area contributed by atoms with Gasteiger partial charge in [-0.05, 0) is 29.8 Å². The maximum Gasteiger partial charge on any atom is 0.259 e. The van der Waals surface area contributed by atoms with Crippen molar-refractivity contribution in [2.24, 2.45) is 0 Å². The molecule has 7 heteroatoms. The topological polar surface area (TPSA) is 75.7 Å². The lowest BCUT2D eigenvalue weighted by Crippen LogP contribution is -2.27. The minimum absolute atomic E-state index is 0.0919. The fraction of sp³-hybridized carbons (Fsp3) is 0.235. The Balaban J connectivity index is 1.97. The molecule has 0 aromatic heterocycles. The van der Waals surface area contributed by atoms with Crippen LogP contribution in [0.5, 0.6) is 5.75 Å². The van der Waals surface area contributed by atoms with Crippen LogP contribution in [0.2, 0.25) is 0 Å². The van der Waals surface area contributed by atoms with Gasteiger partial charge in [-0.25, -0.2) is 13.1 Å². The first kappa shape index (κ1) is 18.0. The third-order valence-electron chi connectivity index (χ3n) is 3.30. The lowest BCUT2D eigenvalue weighted by Gasteiger charge is -2.12. The molecule has 1 N–H and O–H groups in total. The van der Waals surface area contributed by atoms with Crippen molar-refractivity contribution < 1.29 is 17.9 Å². The molecule has 0 spiro atoms. The Bertz CT molecular complexity index is 772. The first-order chi connectivity index (χ1) is 11.4. The van der Waals surface area contributed by atoms with E-state index in [2.05, 4.69) is 4.72 Å². The Kier molecular flexibility index (Phi) is 5.94. The summed E-state index contributed by atoms with van der Waals surface area (Å²) in [6, 6.07) is 15.2. The number of rotatable bonds is 7. The van der Waals surface area contributed by atoms with Crippen LogP contribution in [0.3, 0.4) is 0 Å². The van der Waals surface area contributed by atoms with Crippen molar-refractivity contribution in [2.45, 2.75) is 11.4 Å². The van der Waals surface area contributed by atoms with E-state index in [4.69, 9.17) is 4.74 Å². The Labute approximate surface area is 142 Å². The molecule has 0 aliphatic carbocycles. The zero-order valence-corrected chi connectivity index (χ0v) is 14.4. The number of ether oxygens (including phenoxy) is 1. The number of carbonyl (C=O) groups is 1. The Hall–Kier alpha value is -2.38. The van der Waals surface area contributed by atoms with Crippen LogP contribution in [0.1, 0.15) is 5.56 Å². The first-order valence-corrected chi connectivity index (χ1v) is 8.83. The molecule has 6 nitrogen and oxygen atoms in total. The maximum absolute atomic E-state index is 12.3. The van der Waals surface area contributed by atoms with Crippen molar-refractivity contribution in [3.63, 3.8) is 0 Å². The number of amides is 1. The van der Waals surface area contributed by atoms with Crippen LogP contribution in [-0.4, -0.2) is 39.9 Å². The lowest BCUT2D eigenvalue weighted by atomic mass is 10.2. The summed E-state index contributed by atoms with van der Waals surface area (Å²) >= 11 is 0. The molecular formula is C17H20N2O4S. The van der Waals surface area contributed by atoms with Crippen LogP contribution >= 0.6 is 0 Å². The second kappa shape index (κ2) is 7.94. The minimum Gasteiger partial charge on any atom is -0.484 e. The van der Waals surface area contributed by atoms with Crippen LogP contribution in [0.4, 0.5) is 0 Å². The summed E-state index contributed by atoms with van der Waals surface area (Å²) in [7, 11) is -0.323. The van der Waals surface area contributed by atoms with Gasteiger partial charge in [-0.2, -0.15) is 0 Å². The predicted octanol–water partition coefficient (Wildman–Crippen LogP) is 1.63. The van der Waals surface area contributed by atoms with Crippen LogP contribution in [0, 0.1) is 0 Å². The van der Waals surface area contributed by atoms with Crippen molar-refractivity contribution in [3.05, 3.63) is 60.2 Å². The van der Waals surface area contributed by atoms with Gasteiger partial charge in [-0.15, -0.1) is 0 Å². The lowest BCUT2D eigenvalue weighted by molar-refractivity contribution is -0.130. The average Bonchev–Trinajstić information content (AvgIpc) is 2.59. The Morgan fingerprint density at radius 3 is 2.25 bits per heavy atom. The molecule has 0 saturated heterocycles. The van der Waals surface area contributed by atoms with Crippen molar-refractivity contribution >= 4 is 15.9 Å². The first-order valence-electron chi connectivity index (χ1n) is 7.35. The van der Waals surface area contributed by atoms with E-state index in [1.165, 1.54) is 29.2 Å². The van der Waals surface area contributed by atoms with E-state index in [0.29, 0.717) is 5.75 Å². The van der Waals surface area contributed by atoms with Gasteiger partial charge in [0.15, 0.2) is 6.61 Å². The van der Waals surface area contributed by atoms with Crippen molar-refractivity contribution in [3.8, 4) is 5.75 Å². The molecule has 0 bridgehead atoms. The van der Waals surface area contributed by atoms with Crippen LogP contribution in [-0.2, 0) is 21.4 Å². The van der Waals surface area contributed by atoms with E-state index in [-0.39, 0.29) is 24.0 Å². The van der Waals surface area contributed by atoms with Crippen LogP contribution in [0.15, 0.2) is 59.5 Å². The van der Waals surface area contributed by atoms with E-state index in [1.54, 1.807) is 14.1 Å². The zero-order chi connectivity index (χ0) is 17.6. The van der Waals surface area contributed by atoms with Gasteiger partial charge in [0, 0.05) is 20.6 Å². The molecule has 0 unspecified atom stereocenters. The molecule has 0 saturated carbocycles. The van der Waals surface area contributed by atoms with Gasteiger partial charge in [0.2, 0.25) is 10.0 Å². The quantitative estimate of drug-likeness (QED) is 0.825. The van der Waals surface area contributed by atoms with Crippen molar-refractivity contribution in [1.29, 1.82) is 0 Å². The number of carbonyl (C=O) groups excluding carboxylic acids is 1. The van der Waals surface area contributed by atoms with Gasteiger partial charge in [0.25, 0.3) is 5.91 Å². The SMILES string of the molecule is CN(C)C(=O)COc1ccc(S(=O)(=O)NCc2ccccc2)cc1. The summed E-state index contributed by atoms with van der Waals surface area (Å²) in [5.41, 5.74) is 0.878. The van der Waals surface area contributed by atoms with Gasteiger partial charge >= 0.3 is 0 Å². The van der Waals surface area contributed by atoms with Crippen LogP contribution in [0.25, 0.3) is 0 Å². The number of sulfonamides is 1. The van der Waals surface area contributed by atoms with E-state index in [1.807, 2.05) is 30.3 Å². The second-order valence-electron chi connectivity index (χ2n) is 5.36. The maximum atomic E-state index is 12.3. The summed E-state index contributed by atoms with van der Waals surface area (Å²) in [6.07, 6.45) is 0. The third kappa shape index (κ3) is 5.07. The van der Waals surface area contributed by atoms with Crippen molar-refractivity contribution in [2.75, 3.05) is 20.7 Å². The molecule has 1 amide bonds. The third-order valence-corrected chi connectivity index (χ3v) is 4.72. The Morgan fingerprint density at radius 1 is 1.04 bits per heavy atom. The molecule has 128 valence electrons. The smallest absolute Gasteiger partial charge is 0.259 e. The minimum atomic E-state index is -3.60. The number of nitrogens with one attached hydrogen (secondary N) is 1. The molecule has 2 aromatic carbocycles. The second-order valence-corrected chi connectivity index (χ2v) is 7.13. The number of hydrogen-bond acceptors (Lipinski definition) is 4. The van der Waals surface area contributed by atoms with Gasteiger partial charge < -0.3 is 9.64 Å². The highest BCUT2D eigenvalue weighted by molar-refractivity contribution is 7.89. The van der Waals surface area contributed by atoms with Gasteiger partial charge in [-0.1, -0.05) is 30.3 Å². The standard InChI is InChI=1S/C17H20N2O4S/c1-19(2)17(20)13-23-15-8-10-16(11-9-15)24(21,22)18-12-14-6-4-3-5-7-14/h3-11,18H,12-13H2,1-2H3. The molecular weight excluding hydrogens is 328 g/mol. The number of likely N-dealkylation sites (N-methyl/N-ethyl adjacent to an activating group) is 1. The van der Waals surface area contributed by atoms with Crippen LogP contribution < -0.4 is 9.46 Å². The average molecular weight is 348 g/mol. The fourth-order valence-electron chi connectivity index (χ4n) is 1.85. The predicted molar refractivity (Wildman–Crippen MR) is 91.1 cm³/mol. The van der Waals surface area contributed by atoms with E-state index < -0.39 is 10.0 Å². The van der Waals surface area contributed by atoms with Crippen molar-refractivity contribution in [1.82, 2.24) is 9.62 Å². The molecule has 24 heavy (non-hydrogen) atoms. The highest BCUT2D eigenvalue weighted by Gasteiger charge is 2.14. The molecule has 2 rings (SSSR count). The van der Waals surface area contributed by atoms with Gasteiger partial charge in [0.05, 0.1) is 4.90 Å². The Morgan fingerprint density at radius 2 is 1.67 bits per heavy atom. The summed E-state index contributed by atoms with van der Waals surface area (Å²) in [5.74, 6) is 0.267. The molecule has 0 aliphatic heterocycles. The summed E-state index contributed by atoms with van der Waals surface area (Å²) in [6.45, 7) is 0.129. The molecule has 0 fully saturated rings. The van der Waals surface area contributed by atoms with E-state index >= 15 is 0 Å². The summed E-state index contributed by atoms with van der Waals surface area (Å²) < 4.78 is 32.4. The monoisotopic (exact) mass is 348 g/mol. The van der Waals surface area contributed by atoms with Gasteiger partial charge in [0.1, 0.15) is 5.75 Å². The molecule has 0 aliphatic rings. The zero-order valence-electron chi connectivity index (χ0n) is 13.6. The van der Waals surface area contributed by atoms with Gasteiger partial charge in [-0.3, -0.25) is 4.79 Å². The number of nitrogens with zero attached hydrogens (tertiary/aromatic N) is 1. The normalized spacial score (nSPS) is 11.1. The molecule has 0 radical (unpaired) electrons. The highest BCUT2D eigenvalue weighted by atomic mass is 32.2. The van der Waals surface area contributed by atoms with E-state index in [9.17, 15) is 13.2 Å². The molecule has 0 heterocycles. The highest BCUT2D eigenvalue weighted by Crippen LogP contribution is 2.16. The molecule has 2 aromatic rings. The largest absolute Gasteiger partial charge is 0.484 e. The summed E-state index contributed by atoms with van der Waals surface area (Å²) in [4.78, 5) is 13.0. The molecule has 0 atom stereocenters. The number of benzene rings is 2.